The lowest BCUT2D eigenvalue weighted by Crippen LogP contribution is -2.44. The second-order valence-corrected chi connectivity index (χ2v) is 10.9. The molecule has 25 heavy (non-hydrogen) atoms. The molecule has 2 saturated heterocycles. The molecule has 0 aromatic rings. The number of nitrogens with one attached hydrogen (secondary N) is 1. The molecule has 2 saturated carbocycles. The second kappa shape index (κ2) is 6.25. The summed E-state index contributed by atoms with van der Waals surface area (Å²) in [6.07, 6.45) is 5.90. The minimum atomic E-state index is -3.02. The first-order valence-electron chi connectivity index (χ1n) is 9.62. The number of likely N-dealkylation sites (tertiary alicyclic amines) is 1. The van der Waals surface area contributed by atoms with E-state index >= 15 is 0 Å². The van der Waals surface area contributed by atoms with Crippen LogP contribution in [-0.2, 0) is 19.4 Å². The van der Waals surface area contributed by atoms with E-state index in [1.165, 1.54) is 25.7 Å². The van der Waals surface area contributed by atoms with Crippen molar-refractivity contribution < 1.29 is 18.0 Å². The summed E-state index contributed by atoms with van der Waals surface area (Å²) < 4.78 is 23.3. The van der Waals surface area contributed by atoms with Gasteiger partial charge in [-0.25, -0.2) is 8.42 Å². The summed E-state index contributed by atoms with van der Waals surface area (Å²) in [4.78, 5) is 26.6. The first kappa shape index (κ1) is 17.3. The minimum Gasteiger partial charge on any atom is -0.353 e. The van der Waals surface area contributed by atoms with Crippen molar-refractivity contribution >= 4 is 21.7 Å². The summed E-state index contributed by atoms with van der Waals surface area (Å²) in [5.41, 5.74) is 0. The summed E-state index contributed by atoms with van der Waals surface area (Å²) in [6, 6.07) is -0.0721. The van der Waals surface area contributed by atoms with Crippen LogP contribution in [-0.4, -0.2) is 55.3 Å². The Morgan fingerprint density at radius 2 is 2.04 bits per heavy atom. The van der Waals surface area contributed by atoms with Crippen molar-refractivity contribution in [1.82, 2.24) is 10.2 Å². The molecule has 1 N–H and O–H groups in total. The predicted molar refractivity (Wildman–Crippen MR) is 93.4 cm³/mol. The summed E-state index contributed by atoms with van der Waals surface area (Å²) in [5.74, 6) is 1.94. The van der Waals surface area contributed by atoms with Crippen LogP contribution in [0.1, 0.15) is 45.4 Å². The van der Waals surface area contributed by atoms with E-state index in [0.29, 0.717) is 18.9 Å². The molecular weight excluding hydrogens is 340 g/mol. The van der Waals surface area contributed by atoms with Crippen LogP contribution >= 0.6 is 0 Å². The van der Waals surface area contributed by atoms with Gasteiger partial charge < -0.3 is 10.2 Å². The maximum absolute atomic E-state index is 12.6. The number of hydrogen-bond acceptors (Lipinski definition) is 4. The molecule has 6 unspecified atom stereocenters. The zero-order valence-electron chi connectivity index (χ0n) is 14.8. The third-order valence-electron chi connectivity index (χ3n) is 6.98. The van der Waals surface area contributed by atoms with Gasteiger partial charge in [0.25, 0.3) is 0 Å². The summed E-state index contributed by atoms with van der Waals surface area (Å²) >= 11 is 0. The van der Waals surface area contributed by atoms with E-state index < -0.39 is 9.84 Å². The number of nitrogens with zero attached hydrogens (tertiary/aromatic N) is 1. The van der Waals surface area contributed by atoms with Crippen LogP contribution in [0.2, 0.25) is 0 Å². The Balaban J connectivity index is 1.33. The molecule has 4 fully saturated rings. The normalized spacial score (nSPS) is 40.6. The largest absolute Gasteiger partial charge is 0.353 e. The van der Waals surface area contributed by atoms with Gasteiger partial charge in [0.05, 0.1) is 17.4 Å². The standard InChI is InChI=1S/C18H28N2O4S/c1-11(16-7-12-2-3-13(16)6-12)19-18(22)14-8-17(21)20(9-14)15-4-5-25(23,24)10-15/h11-16H,2-10H2,1H3,(H,19,22). The second-order valence-electron chi connectivity index (χ2n) is 8.64. The molecule has 2 aliphatic heterocycles. The van der Waals surface area contributed by atoms with Crippen molar-refractivity contribution in [2.24, 2.45) is 23.7 Å². The fourth-order valence-electron chi connectivity index (χ4n) is 5.64. The maximum atomic E-state index is 12.6. The van der Waals surface area contributed by atoms with Gasteiger partial charge >= 0.3 is 0 Å². The van der Waals surface area contributed by atoms with Crippen molar-refractivity contribution in [3.8, 4) is 0 Å². The predicted octanol–water partition coefficient (Wildman–Crippen LogP) is 0.963. The lowest BCUT2D eigenvalue weighted by atomic mass is 9.84. The molecule has 2 aliphatic carbocycles. The molecule has 7 heteroatoms. The van der Waals surface area contributed by atoms with Gasteiger partial charge in [-0.05, 0) is 50.4 Å². The first-order chi connectivity index (χ1) is 11.8. The van der Waals surface area contributed by atoms with Gasteiger partial charge in [0.15, 0.2) is 9.84 Å². The van der Waals surface area contributed by atoms with E-state index in [2.05, 4.69) is 12.2 Å². The fraction of sp³-hybridized carbons (Fsp3) is 0.889. The Morgan fingerprint density at radius 1 is 1.24 bits per heavy atom. The van der Waals surface area contributed by atoms with Crippen LogP contribution in [0.15, 0.2) is 0 Å². The van der Waals surface area contributed by atoms with Gasteiger partial charge in [-0.1, -0.05) is 6.42 Å². The number of carbonyl (C=O) groups is 2. The molecule has 6 nitrogen and oxygen atoms in total. The molecule has 0 radical (unpaired) electrons. The summed E-state index contributed by atoms with van der Waals surface area (Å²) in [5, 5.41) is 3.16. The van der Waals surface area contributed by atoms with E-state index in [0.717, 1.165) is 11.8 Å². The average Bonchev–Trinajstić information content (AvgIpc) is 3.30. The van der Waals surface area contributed by atoms with E-state index in [-0.39, 0.29) is 47.7 Å². The fourth-order valence-corrected chi connectivity index (χ4v) is 7.37. The Kier molecular flexibility index (Phi) is 4.33. The topological polar surface area (TPSA) is 83.6 Å². The molecule has 0 aromatic heterocycles. The van der Waals surface area contributed by atoms with Crippen LogP contribution < -0.4 is 5.32 Å². The highest BCUT2D eigenvalue weighted by molar-refractivity contribution is 7.91. The van der Waals surface area contributed by atoms with Crippen LogP contribution in [0.3, 0.4) is 0 Å². The number of rotatable bonds is 4. The number of amides is 2. The smallest absolute Gasteiger partial charge is 0.225 e. The molecule has 2 bridgehead atoms. The maximum Gasteiger partial charge on any atom is 0.225 e. The lowest BCUT2D eigenvalue weighted by Gasteiger charge is -2.29. The molecule has 0 spiro atoms. The molecule has 2 amide bonds. The van der Waals surface area contributed by atoms with Gasteiger partial charge in [0.1, 0.15) is 0 Å². The molecule has 4 rings (SSSR count). The van der Waals surface area contributed by atoms with Gasteiger partial charge in [-0.15, -0.1) is 0 Å². The number of fused-ring (bicyclic) bond motifs is 2. The van der Waals surface area contributed by atoms with Crippen LogP contribution in [0.4, 0.5) is 0 Å². The average molecular weight is 368 g/mol. The number of hydrogen-bond donors (Lipinski definition) is 1. The Morgan fingerprint density at radius 3 is 2.64 bits per heavy atom. The van der Waals surface area contributed by atoms with Crippen LogP contribution in [0.25, 0.3) is 0 Å². The molecule has 140 valence electrons. The van der Waals surface area contributed by atoms with Crippen LogP contribution in [0, 0.1) is 23.7 Å². The van der Waals surface area contributed by atoms with Gasteiger partial charge in [-0.2, -0.15) is 0 Å². The quantitative estimate of drug-likeness (QED) is 0.801. The van der Waals surface area contributed by atoms with Crippen molar-refractivity contribution in [2.45, 2.75) is 57.5 Å². The molecule has 6 atom stereocenters. The molecular formula is C18H28N2O4S. The van der Waals surface area contributed by atoms with Gasteiger partial charge in [-0.3, -0.25) is 9.59 Å². The van der Waals surface area contributed by atoms with Crippen molar-refractivity contribution in [3.05, 3.63) is 0 Å². The third kappa shape index (κ3) is 3.32. The van der Waals surface area contributed by atoms with Crippen molar-refractivity contribution in [1.29, 1.82) is 0 Å². The van der Waals surface area contributed by atoms with E-state index in [4.69, 9.17) is 0 Å². The molecule has 0 aromatic carbocycles. The summed E-state index contributed by atoms with van der Waals surface area (Å²) in [7, 11) is -3.02. The van der Waals surface area contributed by atoms with E-state index in [1.54, 1.807) is 4.90 Å². The molecule has 2 heterocycles. The highest BCUT2D eigenvalue weighted by Crippen LogP contribution is 2.49. The lowest BCUT2D eigenvalue weighted by molar-refractivity contribution is -0.130. The zero-order valence-corrected chi connectivity index (χ0v) is 15.6. The van der Waals surface area contributed by atoms with Crippen molar-refractivity contribution in [2.75, 3.05) is 18.1 Å². The van der Waals surface area contributed by atoms with E-state index in [1.807, 2.05) is 0 Å². The van der Waals surface area contributed by atoms with Crippen LogP contribution in [0.5, 0.6) is 0 Å². The van der Waals surface area contributed by atoms with Gasteiger partial charge in [0, 0.05) is 25.0 Å². The SMILES string of the molecule is CC(NC(=O)C1CC(=O)N(C2CCS(=O)(=O)C2)C1)C1CC2CCC1C2. The Bertz CT molecular complexity index is 677. The van der Waals surface area contributed by atoms with Crippen molar-refractivity contribution in [3.63, 3.8) is 0 Å². The van der Waals surface area contributed by atoms with E-state index in [9.17, 15) is 18.0 Å². The highest BCUT2D eigenvalue weighted by atomic mass is 32.2. The monoisotopic (exact) mass is 368 g/mol. The third-order valence-corrected chi connectivity index (χ3v) is 8.73. The summed E-state index contributed by atoms with van der Waals surface area (Å²) in [6.45, 7) is 2.47. The number of carbonyl (C=O) groups excluding carboxylic acids is 2. The zero-order chi connectivity index (χ0) is 17.8. The minimum absolute atomic E-state index is 0.0352. The first-order valence-corrected chi connectivity index (χ1v) is 11.4. The molecule has 4 aliphatic rings. The number of sulfone groups is 1. The highest BCUT2D eigenvalue weighted by Gasteiger charge is 2.44. The Labute approximate surface area is 149 Å². The van der Waals surface area contributed by atoms with Gasteiger partial charge in [0.2, 0.25) is 11.8 Å². The Hall–Kier alpha value is -1.11.